The fraction of sp³-hybridized carbons (Fsp3) is 1.00. The molecule has 1 saturated heterocycles. The van der Waals surface area contributed by atoms with Crippen molar-refractivity contribution in [2.24, 2.45) is 5.92 Å². The maximum Gasteiger partial charge on any atom is 0.0642 e. The van der Waals surface area contributed by atoms with E-state index >= 15 is 0 Å². The van der Waals surface area contributed by atoms with Gasteiger partial charge < -0.3 is 4.18 Å². The van der Waals surface area contributed by atoms with Crippen LogP contribution in [0.2, 0.25) is 0 Å². The summed E-state index contributed by atoms with van der Waals surface area (Å²) in [5, 5.41) is 0. The van der Waals surface area contributed by atoms with Crippen molar-refractivity contribution in [1.82, 2.24) is 0 Å². The summed E-state index contributed by atoms with van der Waals surface area (Å²) >= 11 is 4.95. The highest BCUT2D eigenvalue weighted by molar-refractivity contribution is 8.26. The van der Waals surface area contributed by atoms with Gasteiger partial charge in [-0.2, -0.15) is 0 Å². The Morgan fingerprint density at radius 1 is 1.75 bits per heavy atom. The van der Waals surface area contributed by atoms with E-state index in [1.165, 1.54) is 6.42 Å². The van der Waals surface area contributed by atoms with Crippen LogP contribution in [0.15, 0.2) is 0 Å². The second-order valence-corrected chi connectivity index (χ2v) is 4.55. The lowest BCUT2D eigenvalue weighted by atomic mass is 10.1. The average Bonchev–Trinajstić information content (AvgIpc) is 1.77. The zero-order chi connectivity index (χ0) is 5.98. The van der Waals surface area contributed by atoms with E-state index in [1.54, 1.807) is 0 Å². The SMILES string of the molecule is CC1CCS(=S)OC1. The minimum Gasteiger partial charge on any atom is -0.312 e. The molecular weight excluding hydrogens is 140 g/mol. The topological polar surface area (TPSA) is 9.23 Å². The smallest absolute Gasteiger partial charge is 0.0642 e. The van der Waals surface area contributed by atoms with Gasteiger partial charge in [-0.15, -0.1) is 0 Å². The first-order valence-electron chi connectivity index (χ1n) is 2.80. The Kier molecular flexibility index (Phi) is 2.41. The van der Waals surface area contributed by atoms with Gasteiger partial charge in [-0.25, -0.2) is 0 Å². The largest absolute Gasteiger partial charge is 0.312 e. The van der Waals surface area contributed by atoms with Crippen LogP contribution in [0.5, 0.6) is 0 Å². The monoisotopic (exact) mass is 150 g/mol. The molecule has 0 bridgehead atoms. The van der Waals surface area contributed by atoms with Crippen LogP contribution in [0.3, 0.4) is 0 Å². The van der Waals surface area contributed by atoms with Gasteiger partial charge in [-0.05, 0) is 23.5 Å². The van der Waals surface area contributed by atoms with Gasteiger partial charge in [0.1, 0.15) is 0 Å². The van der Waals surface area contributed by atoms with Crippen LogP contribution in [0.4, 0.5) is 0 Å². The molecule has 1 heterocycles. The third kappa shape index (κ3) is 1.80. The highest BCUT2D eigenvalue weighted by atomic mass is 32.8. The van der Waals surface area contributed by atoms with E-state index in [1.807, 2.05) is 0 Å². The van der Waals surface area contributed by atoms with Gasteiger partial charge in [0, 0.05) is 15.5 Å². The standard InChI is InChI=1S/C5H10OS2/c1-5-2-3-8(7)6-4-5/h5H,2-4H2,1H3. The Morgan fingerprint density at radius 3 is 2.88 bits per heavy atom. The highest BCUT2D eigenvalue weighted by Crippen LogP contribution is 2.11. The lowest BCUT2D eigenvalue weighted by molar-refractivity contribution is 0.275. The molecule has 0 aliphatic carbocycles. The lowest BCUT2D eigenvalue weighted by Gasteiger charge is -2.18. The molecule has 0 aromatic carbocycles. The zero-order valence-corrected chi connectivity index (χ0v) is 6.56. The van der Waals surface area contributed by atoms with E-state index in [0.29, 0.717) is 0 Å². The van der Waals surface area contributed by atoms with Gasteiger partial charge in [0.05, 0.1) is 6.61 Å². The third-order valence-corrected chi connectivity index (χ3v) is 3.02. The van der Waals surface area contributed by atoms with Gasteiger partial charge in [0.15, 0.2) is 0 Å². The summed E-state index contributed by atoms with van der Waals surface area (Å²) in [5.74, 6) is 1.83. The van der Waals surface area contributed by atoms with Crippen LogP contribution in [-0.4, -0.2) is 12.4 Å². The fourth-order valence-corrected chi connectivity index (χ4v) is 2.18. The normalized spacial score (nSPS) is 39.6. The average molecular weight is 150 g/mol. The van der Waals surface area contributed by atoms with Crippen LogP contribution in [0.25, 0.3) is 0 Å². The van der Waals surface area contributed by atoms with Crippen LogP contribution in [0, 0.1) is 5.92 Å². The summed E-state index contributed by atoms with van der Waals surface area (Å²) in [6, 6.07) is 0. The molecule has 1 aliphatic rings. The van der Waals surface area contributed by atoms with Gasteiger partial charge in [-0.3, -0.25) is 0 Å². The molecule has 1 aliphatic heterocycles. The van der Waals surface area contributed by atoms with E-state index in [-0.39, 0.29) is 9.74 Å². The van der Waals surface area contributed by atoms with Crippen molar-refractivity contribution in [3.05, 3.63) is 0 Å². The van der Waals surface area contributed by atoms with Crippen molar-refractivity contribution < 1.29 is 4.18 Å². The minimum absolute atomic E-state index is 0.128. The summed E-state index contributed by atoms with van der Waals surface area (Å²) in [6.07, 6.45) is 1.26. The van der Waals surface area contributed by atoms with Gasteiger partial charge >= 0.3 is 0 Å². The molecule has 8 heavy (non-hydrogen) atoms. The second kappa shape index (κ2) is 2.90. The molecule has 1 fully saturated rings. The first-order valence-corrected chi connectivity index (χ1v) is 5.05. The molecule has 0 saturated carbocycles. The van der Waals surface area contributed by atoms with Crippen molar-refractivity contribution in [2.75, 3.05) is 12.4 Å². The number of rotatable bonds is 0. The summed E-state index contributed by atoms with van der Waals surface area (Å²) in [7, 11) is -0.128. The number of hydrogen-bond donors (Lipinski definition) is 0. The molecule has 3 heteroatoms. The molecular formula is C5H10OS2. The molecule has 0 N–H and O–H groups in total. The maximum absolute atomic E-state index is 5.23. The Bertz CT molecular complexity index is 92.6. The van der Waals surface area contributed by atoms with Crippen molar-refractivity contribution in [3.8, 4) is 0 Å². The van der Waals surface area contributed by atoms with Crippen LogP contribution in [0.1, 0.15) is 13.3 Å². The fourth-order valence-electron chi connectivity index (χ4n) is 0.632. The molecule has 0 spiro atoms. The molecule has 0 amide bonds. The van der Waals surface area contributed by atoms with Gasteiger partial charge in [0.25, 0.3) is 0 Å². The first kappa shape index (κ1) is 6.65. The third-order valence-electron chi connectivity index (χ3n) is 1.26. The minimum atomic E-state index is -0.128. The molecule has 2 unspecified atom stereocenters. The summed E-state index contributed by atoms with van der Waals surface area (Å²) in [4.78, 5) is 0. The predicted octanol–water partition coefficient (Wildman–Crippen LogP) is 1.04. The molecule has 0 aromatic heterocycles. The Hall–Kier alpha value is 0.530. The maximum atomic E-state index is 5.23. The molecule has 1 rings (SSSR count). The van der Waals surface area contributed by atoms with E-state index in [0.717, 1.165) is 18.3 Å². The zero-order valence-electron chi connectivity index (χ0n) is 4.92. The van der Waals surface area contributed by atoms with Crippen molar-refractivity contribution >= 4 is 20.9 Å². The lowest BCUT2D eigenvalue weighted by Crippen LogP contribution is -2.18. The molecule has 1 nitrogen and oxygen atoms in total. The highest BCUT2D eigenvalue weighted by Gasteiger charge is 2.10. The van der Waals surface area contributed by atoms with Crippen LogP contribution < -0.4 is 0 Å². The second-order valence-electron chi connectivity index (χ2n) is 2.19. The quantitative estimate of drug-likeness (QED) is 0.510. The van der Waals surface area contributed by atoms with E-state index in [4.69, 9.17) is 15.4 Å². The first-order chi connectivity index (χ1) is 3.79. The predicted molar refractivity (Wildman–Crippen MR) is 39.3 cm³/mol. The van der Waals surface area contributed by atoms with Crippen molar-refractivity contribution in [3.63, 3.8) is 0 Å². The van der Waals surface area contributed by atoms with Crippen LogP contribution >= 0.6 is 0 Å². The van der Waals surface area contributed by atoms with Crippen molar-refractivity contribution in [2.45, 2.75) is 13.3 Å². The van der Waals surface area contributed by atoms with Gasteiger partial charge in [-0.1, -0.05) is 6.92 Å². The number of hydrogen-bond acceptors (Lipinski definition) is 2. The van der Waals surface area contributed by atoms with Gasteiger partial charge in [0.2, 0.25) is 0 Å². The van der Waals surface area contributed by atoms with E-state index in [2.05, 4.69) is 6.92 Å². The van der Waals surface area contributed by atoms with Crippen molar-refractivity contribution in [1.29, 1.82) is 0 Å². The summed E-state index contributed by atoms with van der Waals surface area (Å²) < 4.78 is 5.23. The molecule has 0 aromatic rings. The van der Waals surface area contributed by atoms with Crippen LogP contribution in [-0.2, 0) is 25.1 Å². The Balaban J connectivity index is 2.29. The molecule has 2 atom stereocenters. The Morgan fingerprint density at radius 2 is 2.50 bits per heavy atom. The Labute approximate surface area is 57.2 Å². The molecule has 48 valence electrons. The molecule has 0 radical (unpaired) electrons. The summed E-state index contributed by atoms with van der Waals surface area (Å²) in [5.41, 5.74) is 0. The van der Waals surface area contributed by atoms with E-state index < -0.39 is 0 Å². The van der Waals surface area contributed by atoms with E-state index in [9.17, 15) is 0 Å². The summed E-state index contributed by atoms with van der Waals surface area (Å²) in [6.45, 7) is 3.08.